The summed E-state index contributed by atoms with van der Waals surface area (Å²) in [7, 11) is 3.23. The Morgan fingerprint density at radius 1 is 1.20 bits per heavy atom. The number of carbonyl (C=O) groups excluding carboxylic acids is 1. The molecular formula is C17H24N4O4. The van der Waals surface area contributed by atoms with Crippen LogP contribution in [0, 0.1) is 10.1 Å². The first-order chi connectivity index (χ1) is 11.8. The molecule has 1 rings (SSSR count). The molecule has 8 nitrogen and oxygen atoms in total. The summed E-state index contributed by atoms with van der Waals surface area (Å²) in [5.74, 6) is 1.24. The molecule has 0 unspecified atom stereocenters. The number of ether oxygens (including phenoxy) is 1. The van der Waals surface area contributed by atoms with Gasteiger partial charge in [0.25, 0.3) is 5.70 Å². The molecule has 0 aromatic carbocycles. The van der Waals surface area contributed by atoms with Crippen molar-refractivity contribution in [2.24, 2.45) is 0 Å². The topological polar surface area (TPSA) is 106 Å². The number of hydrogen-bond acceptors (Lipinski definition) is 6. The summed E-state index contributed by atoms with van der Waals surface area (Å²) in [5.41, 5.74) is 0.468. The standard InChI is InChI=1S/C14H17N3O3.C3H7NO/c1-4-12(20-13-7-9-16-10-8-13)5-6-14(15-3)11(2)17(18)19;1-3(5)4-2/h4-10,15H,1-3H3;1-2H3,(H,4,5)/b6-5-,12-4+,14-11-;. The SMILES string of the molecule is CNC(C)=O.C\C=C(/C=C\C(NC)=C(/C)[N+](=O)[O-])Oc1ccncc1. The highest BCUT2D eigenvalue weighted by molar-refractivity contribution is 5.72. The van der Waals surface area contributed by atoms with E-state index in [1.54, 1.807) is 56.8 Å². The van der Waals surface area contributed by atoms with Crippen molar-refractivity contribution >= 4 is 5.91 Å². The van der Waals surface area contributed by atoms with Crippen molar-refractivity contribution in [3.8, 4) is 5.75 Å². The zero-order valence-electron chi connectivity index (χ0n) is 15.1. The number of nitrogens with zero attached hydrogens (tertiary/aromatic N) is 2. The molecule has 8 heteroatoms. The van der Waals surface area contributed by atoms with Gasteiger partial charge in [0.15, 0.2) is 0 Å². The van der Waals surface area contributed by atoms with Gasteiger partial charge in [-0.2, -0.15) is 0 Å². The molecule has 0 aliphatic carbocycles. The predicted molar refractivity (Wildman–Crippen MR) is 96.3 cm³/mol. The van der Waals surface area contributed by atoms with Crippen LogP contribution in [-0.2, 0) is 4.79 Å². The first-order valence-electron chi connectivity index (χ1n) is 7.49. The third-order valence-electron chi connectivity index (χ3n) is 2.87. The lowest BCUT2D eigenvalue weighted by Crippen LogP contribution is -2.11. The molecule has 2 N–H and O–H groups in total. The highest BCUT2D eigenvalue weighted by Crippen LogP contribution is 2.13. The molecule has 0 fully saturated rings. The molecular weight excluding hydrogens is 324 g/mol. The molecule has 0 aliphatic heterocycles. The molecule has 0 saturated carbocycles. The number of hydrogen-bond donors (Lipinski definition) is 2. The van der Waals surface area contributed by atoms with E-state index in [0.717, 1.165) is 0 Å². The third kappa shape index (κ3) is 9.54. The second kappa shape index (κ2) is 12.3. The average molecular weight is 348 g/mol. The van der Waals surface area contributed by atoms with E-state index in [1.165, 1.54) is 13.8 Å². The summed E-state index contributed by atoms with van der Waals surface area (Å²) in [6.07, 6.45) is 8.30. The van der Waals surface area contributed by atoms with Gasteiger partial charge in [-0.1, -0.05) is 0 Å². The fourth-order valence-electron chi connectivity index (χ4n) is 1.38. The fraction of sp³-hybridized carbons (Fsp3) is 0.294. The molecule has 1 aromatic rings. The molecule has 0 radical (unpaired) electrons. The monoisotopic (exact) mass is 348 g/mol. The zero-order valence-corrected chi connectivity index (χ0v) is 15.1. The summed E-state index contributed by atoms with van der Waals surface area (Å²) in [6, 6.07) is 3.46. The largest absolute Gasteiger partial charge is 0.458 e. The van der Waals surface area contributed by atoms with Crippen LogP contribution in [0.25, 0.3) is 0 Å². The number of likely N-dealkylation sites (N-methyl/N-ethyl adjacent to an activating group) is 1. The van der Waals surface area contributed by atoms with Gasteiger partial charge in [-0.25, -0.2) is 0 Å². The molecule has 136 valence electrons. The number of pyridine rings is 1. The van der Waals surface area contributed by atoms with Crippen LogP contribution in [-0.4, -0.2) is 29.9 Å². The van der Waals surface area contributed by atoms with Crippen molar-refractivity contribution in [2.75, 3.05) is 14.1 Å². The number of nitro groups is 1. The molecule has 0 bridgehead atoms. The minimum atomic E-state index is -0.435. The van der Waals surface area contributed by atoms with E-state index in [0.29, 0.717) is 17.2 Å². The quantitative estimate of drug-likeness (QED) is 0.354. The van der Waals surface area contributed by atoms with Gasteiger partial charge in [-0.05, 0) is 37.3 Å². The molecule has 1 heterocycles. The van der Waals surface area contributed by atoms with Crippen LogP contribution in [0.3, 0.4) is 0 Å². The van der Waals surface area contributed by atoms with Crippen molar-refractivity contribution in [3.05, 3.63) is 70.0 Å². The van der Waals surface area contributed by atoms with Crippen molar-refractivity contribution in [3.63, 3.8) is 0 Å². The Hall–Kier alpha value is -3.16. The third-order valence-corrected chi connectivity index (χ3v) is 2.87. The summed E-state index contributed by atoms with van der Waals surface area (Å²) in [6.45, 7) is 4.74. The lowest BCUT2D eigenvalue weighted by Gasteiger charge is -2.06. The van der Waals surface area contributed by atoms with Crippen molar-refractivity contribution in [1.82, 2.24) is 15.6 Å². The van der Waals surface area contributed by atoms with Crippen LogP contribution in [0.5, 0.6) is 5.75 Å². The lowest BCUT2D eigenvalue weighted by molar-refractivity contribution is -0.425. The van der Waals surface area contributed by atoms with Crippen molar-refractivity contribution in [1.29, 1.82) is 0 Å². The van der Waals surface area contributed by atoms with Crippen LogP contribution in [0.2, 0.25) is 0 Å². The predicted octanol–water partition coefficient (Wildman–Crippen LogP) is 2.40. The first-order valence-corrected chi connectivity index (χ1v) is 7.49. The fourth-order valence-corrected chi connectivity index (χ4v) is 1.38. The number of nitrogens with one attached hydrogen (secondary N) is 2. The van der Waals surface area contributed by atoms with E-state index < -0.39 is 4.92 Å². The van der Waals surface area contributed by atoms with Gasteiger partial charge in [0.2, 0.25) is 5.91 Å². The molecule has 1 amide bonds. The van der Waals surface area contributed by atoms with Crippen LogP contribution in [0.1, 0.15) is 20.8 Å². The number of carbonyl (C=O) groups is 1. The van der Waals surface area contributed by atoms with E-state index in [-0.39, 0.29) is 11.6 Å². The second-order valence-electron chi connectivity index (χ2n) is 4.62. The highest BCUT2D eigenvalue weighted by Gasteiger charge is 2.08. The average Bonchev–Trinajstić information content (AvgIpc) is 2.62. The van der Waals surface area contributed by atoms with Crippen LogP contribution < -0.4 is 15.4 Å². The normalized spacial score (nSPS) is 11.8. The maximum absolute atomic E-state index is 10.7. The van der Waals surface area contributed by atoms with Crippen LogP contribution in [0.4, 0.5) is 0 Å². The van der Waals surface area contributed by atoms with Gasteiger partial charge in [0, 0.05) is 40.3 Å². The molecule has 0 spiro atoms. The number of amides is 1. The summed E-state index contributed by atoms with van der Waals surface area (Å²) in [5, 5.41) is 15.9. The molecule has 25 heavy (non-hydrogen) atoms. The van der Waals surface area contributed by atoms with Crippen molar-refractivity contribution < 1.29 is 14.5 Å². The Balaban J connectivity index is 0.00000101. The molecule has 0 aliphatic rings. The minimum absolute atomic E-state index is 0.00463. The van der Waals surface area contributed by atoms with E-state index in [9.17, 15) is 14.9 Å². The van der Waals surface area contributed by atoms with Crippen LogP contribution in [0.15, 0.2) is 59.9 Å². The molecule has 1 aromatic heterocycles. The zero-order chi connectivity index (χ0) is 19.2. The van der Waals surface area contributed by atoms with Gasteiger partial charge in [0.1, 0.15) is 17.2 Å². The van der Waals surface area contributed by atoms with Gasteiger partial charge in [-0.15, -0.1) is 0 Å². The Morgan fingerprint density at radius 3 is 2.16 bits per heavy atom. The van der Waals surface area contributed by atoms with E-state index in [2.05, 4.69) is 15.6 Å². The number of aromatic nitrogens is 1. The Bertz CT molecular complexity index is 652. The van der Waals surface area contributed by atoms with Gasteiger partial charge >= 0.3 is 0 Å². The van der Waals surface area contributed by atoms with Crippen LogP contribution >= 0.6 is 0 Å². The smallest absolute Gasteiger partial charge is 0.266 e. The number of allylic oxidation sites excluding steroid dienone is 4. The van der Waals surface area contributed by atoms with Crippen molar-refractivity contribution in [2.45, 2.75) is 20.8 Å². The maximum atomic E-state index is 10.7. The van der Waals surface area contributed by atoms with E-state index in [4.69, 9.17) is 4.74 Å². The van der Waals surface area contributed by atoms with Gasteiger partial charge < -0.3 is 15.4 Å². The summed E-state index contributed by atoms with van der Waals surface area (Å²) >= 11 is 0. The summed E-state index contributed by atoms with van der Waals surface area (Å²) < 4.78 is 5.61. The molecule has 0 atom stereocenters. The van der Waals surface area contributed by atoms with Gasteiger partial charge in [0.05, 0.1) is 4.92 Å². The molecule has 0 saturated heterocycles. The highest BCUT2D eigenvalue weighted by atomic mass is 16.6. The van der Waals surface area contributed by atoms with Gasteiger partial charge in [-0.3, -0.25) is 19.9 Å². The van der Waals surface area contributed by atoms with E-state index >= 15 is 0 Å². The summed E-state index contributed by atoms with van der Waals surface area (Å²) in [4.78, 5) is 23.9. The Morgan fingerprint density at radius 2 is 1.76 bits per heavy atom. The Kier molecular flexibility index (Phi) is 10.7. The van der Waals surface area contributed by atoms with E-state index in [1.807, 2.05) is 6.92 Å². The Labute approximate surface area is 147 Å². The lowest BCUT2D eigenvalue weighted by atomic mass is 10.3. The second-order valence-corrected chi connectivity index (χ2v) is 4.62. The maximum Gasteiger partial charge on any atom is 0.266 e. The first kappa shape index (κ1) is 21.8. The minimum Gasteiger partial charge on any atom is -0.458 e. The number of rotatable bonds is 6.